The van der Waals surface area contributed by atoms with E-state index in [9.17, 15) is 9.59 Å². The molecule has 18 heavy (non-hydrogen) atoms. The lowest BCUT2D eigenvalue weighted by Gasteiger charge is -2.26. The van der Waals surface area contributed by atoms with Crippen molar-refractivity contribution < 1.29 is 19.4 Å². The molecule has 2 aliphatic rings. The standard InChI is InChI=1S/C11H18N2O4S/c1-17-5-8-2-3-12(4-8)11(16)13-7-18-6-9(13)10(14)15/h8-9H,2-7H2,1H3,(H,14,15)/t8?,9-/m0/s1. The summed E-state index contributed by atoms with van der Waals surface area (Å²) in [5.41, 5.74) is 0. The molecular weight excluding hydrogens is 256 g/mol. The molecule has 7 heteroatoms. The molecule has 0 radical (unpaired) electrons. The highest BCUT2D eigenvalue weighted by Crippen LogP contribution is 2.25. The summed E-state index contributed by atoms with van der Waals surface area (Å²) >= 11 is 1.49. The minimum atomic E-state index is -0.916. The number of carbonyl (C=O) groups excluding carboxylic acids is 1. The van der Waals surface area contributed by atoms with Crippen molar-refractivity contribution >= 4 is 23.8 Å². The van der Waals surface area contributed by atoms with Crippen molar-refractivity contribution in [1.82, 2.24) is 9.80 Å². The van der Waals surface area contributed by atoms with E-state index >= 15 is 0 Å². The first kappa shape index (κ1) is 13.5. The number of ether oxygens (including phenoxy) is 1. The van der Waals surface area contributed by atoms with Crippen molar-refractivity contribution in [1.29, 1.82) is 0 Å². The van der Waals surface area contributed by atoms with Crippen LogP contribution in [-0.2, 0) is 9.53 Å². The highest BCUT2D eigenvalue weighted by Gasteiger charge is 2.38. The van der Waals surface area contributed by atoms with Gasteiger partial charge in [0.25, 0.3) is 0 Å². The third-order valence-electron chi connectivity index (χ3n) is 3.37. The van der Waals surface area contributed by atoms with Crippen molar-refractivity contribution in [2.24, 2.45) is 5.92 Å². The maximum absolute atomic E-state index is 12.2. The summed E-state index contributed by atoms with van der Waals surface area (Å²) in [4.78, 5) is 26.5. The SMILES string of the molecule is COCC1CCN(C(=O)N2CSC[C@H]2C(=O)O)C1. The molecular formula is C11H18N2O4S. The van der Waals surface area contributed by atoms with Crippen LogP contribution in [0.2, 0.25) is 0 Å². The summed E-state index contributed by atoms with van der Waals surface area (Å²) in [6, 6.07) is -0.824. The number of hydrogen-bond donors (Lipinski definition) is 1. The van der Waals surface area contributed by atoms with Gasteiger partial charge in [0.05, 0.1) is 12.5 Å². The maximum atomic E-state index is 12.2. The fraction of sp³-hybridized carbons (Fsp3) is 0.818. The van der Waals surface area contributed by atoms with Crippen molar-refractivity contribution in [3.8, 4) is 0 Å². The Balaban J connectivity index is 1.93. The van der Waals surface area contributed by atoms with E-state index in [0.717, 1.165) is 6.42 Å². The van der Waals surface area contributed by atoms with Crippen LogP contribution in [-0.4, -0.2) is 71.4 Å². The van der Waals surface area contributed by atoms with Gasteiger partial charge in [0.2, 0.25) is 0 Å². The molecule has 0 spiro atoms. The van der Waals surface area contributed by atoms with Gasteiger partial charge >= 0.3 is 12.0 Å². The Morgan fingerprint density at radius 1 is 1.50 bits per heavy atom. The van der Waals surface area contributed by atoms with Crippen LogP contribution < -0.4 is 0 Å². The van der Waals surface area contributed by atoms with Crippen molar-refractivity contribution in [3.63, 3.8) is 0 Å². The van der Waals surface area contributed by atoms with Crippen LogP contribution in [0.15, 0.2) is 0 Å². The molecule has 2 saturated heterocycles. The van der Waals surface area contributed by atoms with Crippen LogP contribution in [0.5, 0.6) is 0 Å². The number of nitrogens with zero attached hydrogens (tertiary/aromatic N) is 2. The topological polar surface area (TPSA) is 70.1 Å². The van der Waals surface area contributed by atoms with E-state index in [0.29, 0.717) is 37.2 Å². The first-order valence-corrected chi connectivity index (χ1v) is 7.14. The molecule has 0 aromatic carbocycles. The van der Waals surface area contributed by atoms with Crippen molar-refractivity contribution in [2.45, 2.75) is 12.5 Å². The summed E-state index contributed by atoms with van der Waals surface area (Å²) in [5, 5.41) is 9.07. The highest BCUT2D eigenvalue weighted by atomic mass is 32.2. The van der Waals surface area contributed by atoms with Gasteiger partial charge in [-0.25, -0.2) is 9.59 Å². The number of carboxylic acids is 1. The van der Waals surface area contributed by atoms with Crippen molar-refractivity contribution in [3.05, 3.63) is 0 Å². The van der Waals surface area contributed by atoms with Gasteiger partial charge < -0.3 is 19.6 Å². The van der Waals surface area contributed by atoms with E-state index in [4.69, 9.17) is 9.84 Å². The lowest BCUT2D eigenvalue weighted by Crippen LogP contribution is -2.48. The molecule has 2 aliphatic heterocycles. The van der Waals surface area contributed by atoms with E-state index < -0.39 is 12.0 Å². The van der Waals surface area contributed by atoms with Gasteiger partial charge in [0.15, 0.2) is 0 Å². The number of hydrogen-bond acceptors (Lipinski definition) is 4. The number of methoxy groups -OCH3 is 1. The fourth-order valence-electron chi connectivity index (χ4n) is 2.40. The predicted octanol–water partition coefficient (Wildman–Crippen LogP) is 0.534. The number of carbonyl (C=O) groups is 2. The van der Waals surface area contributed by atoms with E-state index in [1.807, 2.05) is 0 Å². The summed E-state index contributed by atoms with van der Waals surface area (Å²) < 4.78 is 5.09. The second kappa shape index (κ2) is 5.79. The largest absolute Gasteiger partial charge is 0.480 e. The molecule has 1 N–H and O–H groups in total. The Bertz CT molecular complexity index is 339. The van der Waals surface area contributed by atoms with Gasteiger partial charge in [-0.15, -0.1) is 11.8 Å². The molecule has 2 amide bonds. The summed E-state index contributed by atoms with van der Waals surface area (Å²) in [6.07, 6.45) is 0.929. The second-order valence-corrected chi connectivity index (χ2v) is 5.66. The van der Waals surface area contributed by atoms with Crippen molar-refractivity contribution in [2.75, 3.05) is 38.4 Å². The third-order valence-corrected chi connectivity index (χ3v) is 4.38. The Morgan fingerprint density at radius 3 is 2.94 bits per heavy atom. The molecule has 0 bridgehead atoms. The number of amides is 2. The molecule has 2 atom stereocenters. The molecule has 0 aromatic heterocycles. The minimum absolute atomic E-state index is 0.147. The molecule has 2 rings (SSSR count). The molecule has 102 valence electrons. The summed E-state index contributed by atoms with van der Waals surface area (Å²) in [5.74, 6) is 0.413. The zero-order valence-corrected chi connectivity index (χ0v) is 11.2. The smallest absolute Gasteiger partial charge is 0.327 e. The predicted molar refractivity (Wildman–Crippen MR) is 67.5 cm³/mol. The highest BCUT2D eigenvalue weighted by molar-refractivity contribution is 7.99. The van der Waals surface area contributed by atoms with E-state index in [-0.39, 0.29) is 6.03 Å². The summed E-state index contributed by atoms with van der Waals surface area (Å²) in [6.45, 7) is 2.02. The molecule has 6 nitrogen and oxygen atoms in total. The normalized spacial score (nSPS) is 27.8. The average molecular weight is 274 g/mol. The molecule has 1 unspecified atom stereocenters. The van der Waals surface area contributed by atoms with Gasteiger partial charge in [0.1, 0.15) is 6.04 Å². The molecule has 0 aromatic rings. The minimum Gasteiger partial charge on any atom is -0.480 e. The first-order chi connectivity index (χ1) is 8.63. The Hall–Kier alpha value is -0.950. The maximum Gasteiger partial charge on any atom is 0.327 e. The van der Waals surface area contributed by atoms with Crippen LogP contribution in [0.4, 0.5) is 4.79 Å². The third kappa shape index (κ3) is 2.72. The van der Waals surface area contributed by atoms with Crippen LogP contribution in [0.3, 0.4) is 0 Å². The number of carboxylic acid groups (broad SMARTS) is 1. The number of aliphatic carboxylic acids is 1. The van der Waals surface area contributed by atoms with Gasteiger partial charge in [-0.2, -0.15) is 0 Å². The van der Waals surface area contributed by atoms with Gasteiger partial charge in [0, 0.05) is 31.9 Å². The number of likely N-dealkylation sites (tertiary alicyclic amines) is 1. The van der Waals surface area contributed by atoms with Gasteiger partial charge in [-0.1, -0.05) is 0 Å². The van der Waals surface area contributed by atoms with Crippen LogP contribution in [0, 0.1) is 5.92 Å². The Kier molecular flexibility index (Phi) is 4.34. The lowest BCUT2D eigenvalue weighted by molar-refractivity contribution is -0.140. The van der Waals surface area contributed by atoms with Gasteiger partial charge in [-0.3, -0.25) is 0 Å². The summed E-state index contributed by atoms with van der Waals surface area (Å²) in [7, 11) is 1.65. The second-order valence-electron chi connectivity index (χ2n) is 4.66. The average Bonchev–Trinajstić information content (AvgIpc) is 2.96. The quantitative estimate of drug-likeness (QED) is 0.813. The zero-order valence-electron chi connectivity index (χ0n) is 10.4. The van der Waals surface area contributed by atoms with E-state index in [1.54, 1.807) is 12.0 Å². The molecule has 2 fully saturated rings. The fourth-order valence-corrected chi connectivity index (χ4v) is 3.53. The number of rotatable bonds is 3. The molecule has 2 heterocycles. The molecule has 0 aliphatic carbocycles. The van der Waals surface area contributed by atoms with Gasteiger partial charge in [-0.05, 0) is 6.42 Å². The van der Waals surface area contributed by atoms with Crippen LogP contribution in [0.1, 0.15) is 6.42 Å². The monoisotopic (exact) mass is 274 g/mol. The number of urea groups is 1. The van der Waals surface area contributed by atoms with E-state index in [2.05, 4.69) is 0 Å². The zero-order chi connectivity index (χ0) is 13.1. The van der Waals surface area contributed by atoms with E-state index in [1.165, 1.54) is 16.7 Å². The first-order valence-electron chi connectivity index (χ1n) is 5.98. The molecule has 0 saturated carbocycles. The lowest BCUT2D eigenvalue weighted by atomic mass is 10.1. The Morgan fingerprint density at radius 2 is 2.28 bits per heavy atom. The Labute approximate surface area is 110 Å². The van der Waals surface area contributed by atoms with Crippen LogP contribution >= 0.6 is 11.8 Å². The number of thioether (sulfide) groups is 1. The van der Waals surface area contributed by atoms with Crippen LogP contribution in [0.25, 0.3) is 0 Å².